The zero-order valence-corrected chi connectivity index (χ0v) is 11.9. The molecule has 0 amide bonds. The topological polar surface area (TPSA) is 81.4 Å². The number of hydrogen-bond donors (Lipinski definition) is 2. The molecule has 0 radical (unpaired) electrons. The van der Waals surface area contributed by atoms with Gasteiger partial charge in [-0.2, -0.15) is 0 Å². The number of aryl methyl sites for hydroxylation is 1. The van der Waals surface area contributed by atoms with Crippen molar-refractivity contribution in [2.45, 2.75) is 37.3 Å². The van der Waals surface area contributed by atoms with Gasteiger partial charge in [0.2, 0.25) is 10.0 Å². The van der Waals surface area contributed by atoms with Crippen LogP contribution >= 0.6 is 11.3 Å². The van der Waals surface area contributed by atoms with E-state index in [-0.39, 0.29) is 6.10 Å². The summed E-state index contributed by atoms with van der Waals surface area (Å²) in [6.45, 7) is 3.23. The molecule has 5 nitrogen and oxygen atoms in total. The highest BCUT2D eigenvalue weighted by atomic mass is 32.2. The molecule has 1 aliphatic rings. The average molecular weight is 290 g/mol. The van der Waals surface area contributed by atoms with Gasteiger partial charge in [0.1, 0.15) is 0 Å². The summed E-state index contributed by atoms with van der Waals surface area (Å²) in [6.07, 6.45) is 1.92. The predicted octanol–water partition coefficient (Wildman–Crippen LogP) is 0.973. The van der Waals surface area contributed by atoms with Gasteiger partial charge in [-0.25, -0.2) is 13.1 Å². The van der Waals surface area contributed by atoms with E-state index < -0.39 is 10.0 Å². The fraction of sp³-hybridized carbons (Fsp3) is 0.636. The Kier molecular flexibility index (Phi) is 4.39. The lowest BCUT2D eigenvalue weighted by atomic mass is 10.2. The van der Waals surface area contributed by atoms with Crippen molar-refractivity contribution in [3.63, 3.8) is 0 Å². The van der Waals surface area contributed by atoms with E-state index in [1.807, 2.05) is 0 Å². The van der Waals surface area contributed by atoms with Crippen LogP contribution in [0.1, 0.15) is 22.6 Å². The molecule has 1 aliphatic heterocycles. The van der Waals surface area contributed by atoms with Crippen LogP contribution in [-0.4, -0.2) is 27.7 Å². The van der Waals surface area contributed by atoms with E-state index in [0.29, 0.717) is 18.0 Å². The minimum Gasteiger partial charge on any atom is -0.377 e. The number of nitrogens with one attached hydrogen (secondary N) is 1. The molecular formula is C11H18N2O3S2. The summed E-state index contributed by atoms with van der Waals surface area (Å²) >= 11 is 1.42. The molecule has 102 valence electrons. The Morgan fingerprint density at radius 2 is 2.39 bits per heavy atom. The second kappa shape index (κ2) is 5.66. The van der Waals surface area contributed by atoms with Gasteiger partial charge in [-0.05, 0) is 25.8 Å². The quantitative estimate of drug-likeness (QED) is 0.847. The van der Waals surface area contributed by atoms with Gasteiger partial charge in [0, 0.05) is 29.5 Å². The molecule has 0 aromatic carbocycles. The van der Waals surface area contributed by atoms with E-state index in [0.717, 1.165) is 29.2 Å². The molecule has 1 aromatic rings. The molecule has 7 heteroatoms. The Hall–Kier alpha value is -0.470. The fourth-order valence-electron chi connectivity index (χ4n) is 1.98. The number of hydrogen-bond acceptors (Lipinski definition) is 5. The maximum atomic E-state index is 12.1. The first kappa shape index (κ1) is 14.0. The lowest BCUT2D eigenvalue weighted by molar-refractivity contribution is 0.114. The summed E-state index contributed by atoms with van der Waals surface area (Å²) in [4.78, 5) is 1.99. The number of sulfonamides is 1. The smallest absolute Gasteiger partial charge is 0.241 e. The molecule has 1 fully saturated rings. The van der Waals surface area contributed by atoms with Crippen LogP contribution in [-0.2, 0) is 21.3 Å². The van der Waals surface area contributed by atoms with E-state index in [4.69, 9.17) is 10.5 Å². The molecule has 0 aliphatic carbocycles. The monoisotopic (exact) mass is 290 g/mol. The molecule has 3 N–H and O–H groups in total. The third kappa shape index (κ3) is 3.10. The zero-order valence-electron chi connectivity index (χ0n) is 10.3. The first-order valence-electron chi connectivity index (χ1n) is 5.93. The van der Waals surface area contributed by atoms with E-state index in [1.54, 1.807) is 13.0 Å². The molecular weight excluding hydrogens is 272 g/mol. The van der Waals surface area contributed by atoms with Crippen molar-refractivity contribution >= 4 is 21.4 Å². The van der Waals surface area contributed by atoms with Crippen LogP contribution in [0.5, 0.6) is 0 Å². The largest absolute Gasteiger partial charge is 0.377 e. The minimum atomic E-state index is -3.44. The average Bonchev–Trinajstić information content (AvgIpc) is 2.95. The molecule has 0 spiro atoms. The maximum absolute atomic E-state index is 12.1. The predicted molar refractivity (Wildman–Crippen MR) is 71.1 cm³/mol. The second-order valence-corrected chi connectivity index (χ2v) is 7.40. The SMILES string of the molecule is Cc1sc(CN)cc1S(=O)(=O)NCC1CCCO1. The third-order valence-electron chi connectivity index (χ3n) is 2.94. The summed E-state index contributed by atoms with van der Waals surface area (Å²) in [5.74, 6) is 0. The van der Waals surface area contributed by atoms with E-state index >= 15 is 0 Å². The molecule has 1 atom stereocenters. The fourth-order valence-corrected chi connectivity index (χ4v) is 4.56. The molecule has 1 unspecified atom stereocenters. The van der Waals surface area contributed by atoms with Crippen LogP contribution in [0.15, 0.2) is 11.0 Å². The van der Waals surface area contributed by atoms with Crippen molar-refractivity contribution in [2.75, 3.05) is 13.2 Å². The van der Waals surface area contributed by atoms with E-state index in [1.165, 1.54) is 11.3 Å². The van der Waals surface area contributed by atoms with Crippen LogP contribution < -0.4 is 10.5 Å². The van der Waals surface area contributed by atoms with Crippen LogP contribution in [0.2, 0.25) is 0 Å². The van der Waals surface area contributed by atoms with Gasteiger partial charge >= 0.3 is 0 Å². The molecule has 2 heterocycles. The first-order chi connectivity index (χ1) is 8.53. The molecule has 0 saturated carbocycles. The molecule has 1 aromatic heterocycles. The van der Waals surface area contributed by atoms with Crippen LogP contribution in [0, 0.1) is 6.92 Å². The van der Waals surface area contributed by atoms with Crippen molar-refractivity contribution in [3.8, 4) is 0 Å². The first-order valence-corrected chi connectivity index (χ1v) is 8.23. The minimum absolute atomic E-state index is 0.00713. The summed E-state index contributed by atoms with van der Waals surface area (Å²) in [7, 11) is -3.44. The van der Waals surface area contributed by atoms with Crippen LogP contribution in [0.4, 0.5) is 0 Å². The number of rotatable bonds is 5. The van der Waals surface area contributed by atoms with E-state index in [9.17, 15) is 8.42 Å². The molecule has 1 saturated heterocycles. The number of nitrogens with two attached hydrogens (primary N) is 1. The Labute approximate surface area is 111 Å². The van der Waals surface area contributed by atoms with Crippen LogP contribution in [0.25, 0.3) is 0 Å². The van der Waals surface area contributed by atoms with Gasteiger partial charge in [0.05, 0.1) is 11.0 Å². The Bertz CT molecular complexity index is 504. The van der Waals surface area contributed by atoms with Gasteiger partial charge in [0.15, 0.2) is 0 Å². The number of thiophene rings is 1. The van der Waals surface area contributed by atoms with Crippen molar-refractivity contribution in [1.29, 1.82) is 0 Å². The molecule has 0 bridgehead atoms. The van der Waals surface area contributed by atoms with Gasteiger partial charge in [-0.3, -0.25) is 0 Å². The third-order valence-corrected chi connectivity index (χ3v) is 5.69. The second-order valence-electron chi connectivity index (χ2n) is 4.32. The van der Waals surface area contributed by atoms with Gasteiger partial charge in [0.25, 0.3) is 0 Å². The zero-order chi connectivity index (χ0) is 13.2. The van der Waals surface area contributed by atoms with Gasteiger partial charge < -0.3 is 10.5 Å². The maximum Gasteiger partial charge on any atom is 0.241 e. The van der Waals surface area contributed by atoms with Crippen molar-refractivity contribution < 1.29 is 13.2 Å². The summed E-state index contributed by atoms with van der Waals surface area (Å²) in [5.41, 5.74) is 5.52. The van der Waals surface area contributed by atoms with Crippen LogP contribution in [0.3, 0.4) is 0 Å². The van der Waals surface area contributed by atoms with Crippen molar-refractivity contribution in [1.82, 2.24) is 4.72 Å². The summed E-state index contributed by atoms with van der Waals surface area (Å²) in [5, 5.41) is 0. The van der Waals surface area contributed by atoms with Crippen molar-refractivity contribution in [2.24, 2.45) is 5.73 Å². The standard InChI is InChI=1S/C11H18N2O3S2/c1-8-11(5-10(6-12)17-8)18(14,15)13-7-9-3-2-4-16-9/h5,9,13H,2-4,6-7,12H2,1H3. The van der Waals surface area contributed by atoms with Gasteiger partial charge in [-0.1, -0.05) is 0 Å². The lowest BCUT2D eigenvalue weighted by Crippen LogP contribution is -2.31. The Morgan fingerprint density at radius 3 is 2.94 bits per heavy atom. The molecule has 18 heavy (non-hydrogen) atoms. The Balaban J connectivity index is 2.06. The lowest BCUT2D eigenvalue weighted by Gasteiger charge is -2.11. The summed E-state index contributed by atoms with van der Waals surface area (Å²) in [6, 6.07) is 1.65. The van der Waals surface area contributed by atoms with E-state index in [2.05, 4.69) is 4.72 Å². The Morgan fingerprint density at radius 1 is 1.61 bits per heavy atom. The van der Waals surface area contributed by atoms with Gasteiger partial charge in [-0.15, -0.1) is 11.3 Å². The summed E-state index contributed by atoms with van der Waals surface area (Å²) < 4.78 is 32.3. The van der Waals surface area contributed by atoms with Crippen molar-refractivity contribution in [3.05, 3.63) is 15.8 Å². The normalized spacial score (nSPS) is 20.4. The highest BCUT2D eigenvalue weighted by Crippen LogP contribution is 2.25. The highest BCUT2D eigenvalue weighted by Gasteiger charge is 2.22. The number of ether oxygens (including phenoxy) is 1. The highest BCUT2D eigenvalue weighted by molar-refractivity contribution is 7.89. The molecule has 2 rings (SSSR count).